The van der Waals surface area contributed by atoms with E-state index in [1.807, 2.05) is 31.0 Å². The number of aliphatic hydroxyl groups excluding tert-OH is 1. The Morgan fingerprint density at radius 2 is 1.96 bits per heavy atom. The van der Waals surface area contributed by atoms with Crippen molar-refractivity contribution in [3.8, 4) is 23.1 Å². The van der Waals surface area contributed by atoms with Crippen LogP contribution in [0.15, 0.2) is 18.2 Å². The molecule has 2 aliphatic heterocycles. The van der Waals surface area contributed by atoms with Crippen LogP contribution in [0.1, 0.15) is 37.8 Å². The lowest BCUT2D eigenvalue weighted by molar-refractivity contribution is -0.137. The van der Waals surface area contributed by atoms with E-state index in [4.69, 9.17) is 15.2 Å². The number of hydrogen-bond acceptors (Lipinski definition) is 10. The van der Waals surface area contributed by atoms with Crippen LogP contribution in [0.3, 0.4) is 0 Å². The van der Waals surface area contributed by atoms with Crippen LogP contribution in [0.5, 0.6) is 11.9 Å². The van der Waals surface area contributed by atoms with Crippen LogP contribution in [-0.2, 0) is 6.18 Å². The Hall–Kier alpha value is -3.82. The molecule has 0 aliphatic carbocycles. The van der Waals surface area contributed by atoms with Gasteiger partial charge >= 0.3 is 12.2 Å². The van der Waals surface area contributed by atoms with Crippen molar-refractivity contribution in [1.29, 1.82) is 0 Å². The van der Waals surface area contributed by atoms with Gasteiger partial charge in [0.25, 0.3) is 0 Å². The molecule has 0 saturated carbocycles. The van der Waals surface area contributed by atoms with E-state index in [1.54, 1.807) is 6.92 Å². The topological polar surface area (TPSA) is 131 Å². The molecule has 3 aromatic rings. The Labute approximate surface area is 256 Å². The number of aliphatic hydroxyl groups is 1. The molecule has 45 heavy (non-hydrogen) atoms. The summed E-state index contributed by atoms with van der Waals surface area (Å²) in [5.74, 6) is -2.62. The minimum Gasteiger partial charge on any atom is -0.474 e. The number of hydrogen-bond donors (Lipinski definition) is 4. The molecule has 4 atom stereocenters. The highest BCUT2D eigenvalue weighted by Gasteiger charge is 2.39. The number of alkyl halides is 3. The van der Waals surface area contributed by atoms with Crippen LogP contribution in [0.25, 0.3) is 22.2 Å². The second-order valence-corrected chi connectivity index (χ2v) is 11.4. The smallest absolute Gasteiger partial charge is 0.417 e. The fourth-order valence-electron chi connectivity index (χ4n) is 5.70. The van der Waals surface area contributed by atoms with E-state index in [0.29, 0.717) is 38.5 Å². The fourth-order valence-corrected chi connectivity index (χ4v) is 5.70. The summed E-state index contributed by atoms with van der Waals surface area (Å²) >= 11 is 0. The van der Waals surface area contributed by atoms with Crippen LogP contribution < -0.4 is 25.8 Å². The second-order valence-electron chi connectivity index (χ2n) is 11.4. The van der Waals surface area contributed by atoms with Crippen molar-refractivity contribution >= 4 is 22.4 Å². The number of likely N-dealkylation sites (N-methyl/N-ethyl adjacent to an activating group) is 1. The summed E-state index contributed by atoms with van der Waals surface area (Å²) in [6, 6.07) is -0.0965. The first-order valence-corrected chi connectivity index (χ1v) is 14.6. The molecule has 0 bridgehead atoms. The molecule has 2 aromatic heterocycles. The molecule has 1 aromatic carbocycles. The number of rotatable bonds is 5. The zero-order valence-corrected chi connectivity index (χ0v) is 25.3. The van der Waals surface area contributed by atoms with Gasteiger partial charge in [0.05, 0.1) is 29.5 Å². The van der Waals surface area contributed by atoms with Gasteiger partial charge < -0.3 is 30.9 Å². The first-order valence-electron chi connectivity index (χ1n) is 14.6. The van der Waals surface area contributed by atoms with Gasteiger partial charge in [0.1, 0.15) is 34.8 Å². The molecule has 5 rings (SSSR count). The number of nitrogen functional groups attached to an aromatic ring is 1. The van der Waals surface area contributed by atoms with E-state index in [-0.39, 0.29) is 41.8 Å². The van der Waals surface area contributed by atoms with Crippen LogP contribution in [0, 0.1) is 18.6 Å². The number of nitrogens with two attached hydrogens (primary N) is 1. The summed E-state index contributed by atoms with van der Waals surface area (Å²) < 4.78 is 86.1. The Kier molecular flexibility index (Phi) is 9.33. The molecule has 1 unspecified atom stereocenters. The number of benzene rings is 1. The predicted octanol–water partition coefficient (Wildman–Crippen LogP) is 4.44. The SMILES string of the molecule is C/C=C/C1CNc2nc(OC[C@H]3[C@@H](O)CCN3C)nc3c(F)c(-c4cc(N)c(F)c(C)c4C(F)(F)F)nc(c23)O[C@@H](C)CCN1. The molecule has 1 fully saturated rings. The first-order chi connectivity index (χ1) is 21.3. The number of likely N-dealkylation sites (tertiary alicyclic amines) is 1. The average molecular weight is 638 g/mol. The van der Waals surface area contributed by atoms with Crippen LogP contribution in [0.2, 0.25) is 0 Å². The lowest BCUT2D eigenvalue weighted by Gasteiger charge is -2.23. The Morgan fingerprint density at radius 1 is 1.20 bits per heavy atom. The molecular formula is C30H36F5N7O3. The molecule has 2 aliphatic rings. The summed E-state index contributed by atoms with van der Waals surface area (Å²) in [5, 5.41) is 16.9. The maximum absolute atomic E-state index is 16.6. The number of nitrogens with one attached hydrogen (secondary N) is 2. The largest absolute Gasteiger partial charge is 0.474 e. The van der Waals surface area contributed by atoms with Crippen molar-refractivity contribution in [2.75, 3.05) is 44.3 Å². The molecule has 15 heteroatoms. The summed E-state index contributed by atoms with van der Waals surface area (Å²) in [4.78, 5) is 14.9. The highest BCUT2D eigenvalue weighted by molar-refractivity contribution is 5.96. The van der Waals surface area contributed by atoms with Crippen LogP contribution in [0.4, 0.5) is 33.5 Å². The third kappa shape index (κ3) is 6.60. The van der Waals surface area contributed by atoms with Gasteiger partial charge in [-0.05, 0) is 58.8 Å². The van der Waals surface area contributed by atoms with E-state index in [0.717, 1.165) is 6.92 Å². The Bertz CT molecular complexity index is 1590. The fraction of sp³-hybridized carbons (Fsp3) is 0.500. The normalized spacial score (nSPS) is 23.2. The Balaban J connectivity index is 1.75. The summed E-state index contributed by atoms with van der Waals surface area (Å²) in [7, 11) is 1.82. The number of anilines is 2. The number of nitrogens with zero attached hydrogens (tertiary/aromatic N) is 4. The van der Waals surface area contributed by atoms with Gasteiger partial charge in [-0.15, -0.1) is 0 Å². The van der Waals surface area contributed by atoms with Crippen molar-refractivity contribution in [1.82, 2.24) is 25.2 Å². The van der Waals surface area contributed by atoms with Gasteiger partial charge in [0.2, 0.25) is 5.88 Å². The van der Waals surface area contributed by atoms with E-state index in [2.05, 4.69) is 25.6 Å². The zero-order chi connectivity index (χ0) is 32.6. The summed E-state index contributed by atoms with van der Waals surface area (Å²) in [5.41, 5.74) is 0.960. The van der Waals surface area contributed by atoms with Gasteiger partial charge in [-0.3, -0.25) is 4.90 Å². The van der Waals surface area contributed by atoms with E-state index in [1.165, 1.54) is 0 Å². The second kappa shape index (κ2) is 12.9. The number of aromatic nitrogens is 3. The summed E-state index contributed by atoms with van der Waals surface area (Å²) in [6.45, 7) is 5.97. The van der Waals surface area contributed by atoms with Crippen molar-refractivity contribution in [2.45, 2.75) is 64.1 Å². The minimum absolute atomic E-state index is 0.00467. The van der Waals surface area contributed by atoms with Gasteiger partial charge in [-0.2, -0.15) is 23.1 Å². The van der Waals surface area contributed by atoms with E-state index in [9.17, 15) is 22.7 Å². The molecular weight excluding hydrogens is 601 g/mol. The third-order valence-corrected chi connectivity index (χ3v) is 8.15. The number of pyridine rings is 1. The molecule has 244 valence electrons. The number of ether oxygens (including phenoxy) is 2. The molecule has 0 amide bonds. The standard InChI is InChI=1S/C30H36F5N7O3/c1-5-6-16-12-38-27-21-26(40-29(41-27)44-13-19-20(43)8-10-42(19)4)24(32)25(39-28(21)45-14(2)7-9-37-16)17-11-18(36)23(31)15(3)22(17)30(33,34)35/h5-6,11,14,16,19-20,37,43H,7-10,12-13,36H2,1-4H3,(H,38,40,41)/b6-5+/t14-,16?,19-,20-/m0/s1. The molecule has 1 saturated heterocycles. The van der Waals surface area contributed by atoms with Crippen molar-refractivity contribution in [3.05, 3.63) is 41.0 Å². The van der Waals surface area contributed by atoms with Crippen molar-refractivity contribution < 1.29 is 36.5 Å². The maximum atomic E-state index is 16.6. The van der Waals surface area contributed by atoms with Gasteiger partial charge in [-0.1, -0.05) is 12.2 Å². The highest BCUT2D eigenvalue weighted by atomic mass is 19.4. The Morgan fingerprint density at radius 3 is 2.62 bits per heavy atom. The van der Waals surface area contributed by atoms with Crippen LogP contribution in [-0.4, -0.2) is 82.5 Å². The predicted molar refractivity (Wildman–Crippen MR) is 159 cm³/mol. The highest BCUT2D eigenvalue weighted by Crippen LogP contribution is 2.44. The van der Waals surface area contributed by atoms with E-state index >= 15 is 4.39 Å². The number of halogens is 5. The zero-order valence-electron chi connectivity index (χ0n) is 25.3. The van der Waals surface area contributed by atoms with Crippen molar-refractivity contribution in [2.24, 2.45) is 0 Å². The minimum atomic E-state index is -5.07. The molecule has 4 heterocycles. The third-order valence-electron chi connectivity index (χ3n) is 8.15. The van der Waals surface area contributed by atoms with Gasteiger partial charge in [0, 0.05) is 24.7 Å². The lowest BCUT2D eigenvalue weighted by Crippen LogP contribution is -2.37. The molecule has 0 spiro atoms. The van der Waals surface area contributed by atoms with Gasteiger partial charge in [0.15, 0.2) is 5.82 Å². The van der Waals surface area contributed by atoms with Crippen molar-refractivity contribution in [3.63, 3.8) is 0 Å². The molecule has 10 nitrogen and oxygen atoms in total. The van der Waals surface area contributed by atoms with Crippen LogP contribution >= 0.6 is 0 Å². The quantitative estimate of drug-likeness (QED) is 0.181. The lowest BCUT2D eigenvalue weighted by atomic mass is 9.96. The average Bonchev–Trinajstić information content (AvgIpc) is 3.28. The first kappa shape index (κ1) is 32.6. The summed E-state index contributed by atoms with van der Waals surface area (Å²) in [6.07, 6.45) is -1.41. The number of allylic oxidation sites excluding steroid dienone is 1. The van der Waals surface area contributed by atoms with Gasteiger partial charge in [-0.25, -0.2) is 13.8 Å². The molecule has 0 radical (unpaired) electrons. The monoisotopic (exact) mass is 637 g/mol. The maximum Gasteiger partial charge on any atom is 0.417 e. The molecule has 5 N–H and O–H groups in total. The van der Waals surface area contributed by atoms with E-state index < -0.39 is 63.6 Å².